The van der Waals surface area contributed by atoms with Crippen molar-refractivity contribution in [3.63, 3.8) is 0 Å². The van der Waals surface area contributed by atoms with Crippen molar-refractivity contribution in [3.8, 4) is 5.75 Å². The van der Waals surface area contributed by atoms with Gasteiger partial charge < -0.3 is 9.15 Å². The highest BCUT2D eigenvalue weighted by Crippen LogP contribution is 2.39. The van der Waals surface area contributed by atoms with E-state index in [0.717, 1.165) is 22.9 Å². The Morgan fingerprint density at radius 2 is 1.58 bits per heavy atom. The molecule has 1 aromatic heterocycles. The average Bonchev–Trinajstić information content (AvgIpc) is 3.55. The number of rotatable bonds is 7. The number of fused-ring (bicyclic) bond motifs is 1. The third-order valence-electron chi connectivity index (χ3n) is 6.80. The van der Waals surface area contributed by atoms with Crippen LogP contribution in [0.5, 0.6) is 5.75 Å². The molecular formula is C28H23ClN2O7. The van der Waals surface area contributed by atoms with Gasteiger partial charge in [-0.1, -0.05) is 36.6 Å². The molecule has 0 radical (unpaired) electrons. The number of nitrogens with zero attached hydrogens (tertiary/aromatic N) is 2. The van der Waals surface area contributed by atoms with Crippen molar-refractivity contribution in [2.24, 2.45) is 11.8 Å². The molecule has 2 heterocycles. The number of hydrogen-bond acceptors (Lipinski definition) is 7. The Labute approximate surface area is 222 Å². The minimum absolute atomic E-state index is 0.0272. The lowest BCUT2D eigenvalue weighted by atomic mass is 9.81. The SMILES string of the molecule is O=C(CN(C(=O)c1ccccc1Cl)N1C(=O)[C@H]2CCCC[C@H]2C1=O)c1ccc(OC(=O)c2ccco2)cc1. The molecule has 3 aromatic rings. The lowest BCUT2D eigenvalue weighted by Crippen LogP contribution is -2.52. The number of ketones is 1. The van der Waals surface area contributed by atoms with Crippen molar-refractivity contribution in [1.82, 2.24) is 10.0 Å². The Hall–Kier alpha value is -4.24. The summed E-state index contributed by atoms with van der Waals surface area (Å²) in [7, 11) is 0. The molecule has 5 rings (SSSR count). The third kappa shape index (κ3) is 4.84. The van der Waals surface area contributed by atoms with Crippen LogP contribution in [0.2, 0.25) is 5.02 Å². The van der Waals surface area contributed by atoms with E-state index in [1.807, 2.05) is 0 Å². The summed E-state index contributed by atoms with van der Waals surface area (Å²) in [5, 5.41) is 1.87. The molecule has 0 N–H and O–H groups in total. The van der Waals surface area contributed by atoms with Crippen LogP contribution in [0.25, 0.3) is 0 Å². The summed E-state index contributed by atoms with van der Waals surface area (Å²) >= 11 is 6.25. The fraction of sp³-hybridized carbons (Fsp3) is 0.250. The van der Waals surface area contributed by atoms with Crippen LogP contribution < -0.4 is 4.74 Å². The van der Waals surface area contributed by atoms with E-state index in [0.29, 0.717) is 12.8 Å². The highest BCUT2D eigenvalue weighted by atomic mass is 35.5. The second-order valence-electron chi connectivity index (χ2n) is 9.14. The number of furan rings is 1. The molecule has 9 nitrogen and oxygen atoms in total. The summed E-state index contributed by atoms with van der Waals surface area (Å²) in [5.41, 5.74) is 0.258. The minimum atomic E-state index is -0.728. The Morgan fingerprint density at radius 3 is 2.18 bits per heavy atom. The normalized spacial score (nSPS) is 18.7. The fourth-order valence-corrected chi connectivity index (χ4v) is 5.09. The van der Waals surface area contributed by atoms with E-state index in [2.05, 4.69) is 0 Å². The van der Waals surface area contributed by atoms with Crippen molar-refractivity contribution < 1.29 is 33.1 Å². The maximum absolute atomic E-state index is 13.6. The monoisotopic (exact) mass is 534 g/mol. The van der Waals surface area contributed by atoms with Gasteiger partial charge in [0.05, 0.1) is 28.7 Å². The number of ether oxygens (including phenoxy) is 1. The van der Waals surface area contributed by atoms with Gasteiger partial charge in [0.2, 0.25) is 5.76 Å². The van der Waals surface area contributed by atoms with Crippen molar-refractivity contribution >= 4 is 41.1 Å². The van der Waals surface area contributed by atoms with E-state index in [1.54, 1.807) is 18.2 Å². The maximum Gasteiger partial charge on any atom is 0.379 e. The van der Waals surface area contributed by atoms with Crippen LogP contribution in [-0.4, -0.2) is 46.0 Å². The topological polar surface area (TPSA) is 114 Å². The average molecular weight is 535 g/mol. The smallest absolute Gasteiger partial charge is 0.379 e. The van der Waals surface area contributed by atoms with Crippen molar-refractivity contribution in [3.05, 3.63) is 88.8 Å². The number of hydrogen-bond donors (Lipinski definition) is 0. The highest BCUT2D eigenvalue weighted by molar-refractivity contribution is 6.34. The molecule has 1 aliphatic heterocycles. The predicted molar refractivity (Wildman–Crippen MR) is 134 cm³/mol. The van der Waals surface area contributed by atoms with Gasteiger partial charge >= 0.3 is 5.97 Å². The van der Waals surface area contributed by atoms with E-state index < -0.39 is 47.9 Å². The van der Waals surface area contributed by atoms with Crippen LogP contribution in [0, 0.1) is 11.8 Å². The Balaban J connectivity index is 1.39. The van der Waals surface area contributed by atoms with Gasteiger partial charge in [-0.2, -0.15) is 5.01 Å². The first-order valence-corrected chi connectivity index (χ1v) is 12.6. The molecule has 38 heavy (non-hydrogen) atoms. The van der Waals surface area contributed by atoms with E-state index in [-0.39, 0.29) is 27.7 Å². The molecule has 1 saturated heterocycles. The lowest BCUT2D eigenvalue weighted by Gasteiger charge is -2.30. The zero-order valence-electron chi connectivity index (χ0n) is 20.2. The molecule has 2 fully saturated rings. The first-order valence-electron chi connectivity index (χ1n) is 12.2. The quantitative estimate of drug-likeness (QED) is 0.189. The van der Waals surface area contributed by atoms with E-state index in [9.17, 15) is 24.0 Å². The zero-order chi connectivity index (χ0) is 26.8. The lowest BCUT2D eigenvalue weighted by molar-refractivity contribution is -0.154. The van der Waals surface area contributed by atoms with Gasteiger partial charge in [0, 0.05) is 5.56 Å². The predicted octanol–water partition coefficient (Wildman–Crippen LogP) is 4.57. The second kappa shape index (κ2) is 10.6. The van der Waals surface area contributed by atoms with Crippen LogP contribution in [0.3, 0.4) is 0 Å². The molecule has 0 bridgehead atoms. The van der Waals surface area contributed by atoms with Crippen molar-refractivity contribution in [2.75, 3.05) is 6.54 Å². The number of carbonyl (C=O) groups excluding carboxylic acids is 5. The van der Waals surface area contributed by atoms with Crippen LogP contribution in [0.15, 0.2) is 71.3 Å². The molecule has 0 unspecified atom stereocenters. The Bertz CT molecular complexity index is 1380. The number of imide groups is 1. The fourth-order valence-electron chi connectivity index (χ4n) is 4.88. The molecule has 2 aromatic carbocycles. The summed E-state index contributed by atoms with van der Waals surface area (Å²) < 4.78 is 10.2. The number of amides is 3. The standard InChI is InChI=1S/C28H23ClN2O7/c29-22-9-4-3-8-21(22)25(33)30(31-26(34)19-6-1-2-7-20(19)27(31)35)16-23(32)17-11-13-18(14-12-17)38-28(36)24-10-5-15-37-24/h3-5,8-15,19-20H,1-2,6-7,16H2/t19-,20+. The first-order chi connectivity index (χ1) is 18.3. The molecular weight excluding hydrogens is 512 g/mol. The van der Waals surface area contributed by atoms with Gasteiger partial charge in [-0.05, 0) is 61.4 Å². The van der Waals surface area contributed by atoms with E-state index in [4.69, 9.17) is 20.8 Å². The number of esters is 1. The van der Waals surface area contributed by atoms with Gasteiger partial charge in [-0.15, -0.1) is 0 Å². The van der Waals surface area contributed by atoms with Crippen molar-refractivity contribution in [2.45, 2.75) is 25.7 Å². The molecule has 3 amide bonds. The Kier molecular flexibility index (Phi) is 7.11. The van der Waals surface area contributed by atoms with Gasteiger partial charge in [0.1, 0.15) is 12.3 Å². The highest BCUT2D eigenvalue weighted by Gasteiger charge is 2.52. The molecule has 2 aliphatic rings. The Morgan fingerprint density at radius 1 is 0.921 bits per heavy atom. The van der Waals surface area contributed by atoms with Crippen molar-refractivity contribution in [1.29, 1.82) is 0 Å². The minimum Gasteiger partial charge on any atom is -0.457 e. The number of carbonyl (C=O) groups is 5. The van der Waals surface area contributed by atoms with E-state index >= 15 is 0 Å². The largest absolute Gasteiger partial charge is 0.457 e. The molecule has 194 valence electrons. The van der Waals surface area contributed by atoms with Gasteiger partial charge in [-0.25, -0.2) is 9.80 Å². The van der Waals surface area contributed by atoms with E-state index in [1.165, 1.54) is 48.7 Å². The van der Waals surface area contributed by atoms with Gasteiger partial charge in [0.15, 0.2) is 5.78 Å². The summed E-state index contributed by atoms with van der Waals surface area (Å²) in [6.07, 6.45) is 4.11. The first kappa shape index (κ1) is 25.4. The summed E-state index contributed by atoms with van der Waals surface area (Å²) in [6.45, 7) is -0.563. The van der Waals surface area contributed by atoms with Gasteiger partial charge in [0.25, 0.3) is 17.7 Å². The zero-order valence-corrected chi connectivity index (χ0v) is 20.9. The number of halogens is 1. The van der Waals surface area contributed by atoms with Gasteiger partial charge in [-0.3, -0.25) is 19.2 Å². The molecule has 0 spiro atoms. The van der Waals surface area contributed by atoms with Crippen LogP contribution in [0.4, 0.5) is 0 Å². The summed E-state index contributed by atoms with van der Waals surface area (Å²) in [5.74, 6) is -3.70. The second-order valence-corrected chi connectivity index (χ2v) is 9.55. The molecule has 1 saturated carbocycles. The summed E-state index contributed by atoms with van der Waals surface area (Å²) in [4.78, 5) is 65.5. The number of Topliss-reactive ketones (excluding diaryl/α,β-unsaturated/α-hetero) is 1. The maximum atomic E-state index is 13.6. The van der Waals surface area contributed by atoms with Crippen LogP contribution in [-0.2, 0) is 9.59 Å². The molecule has 1 aliphatic carbocycles. The molecule has 2 atom stereocenters. The van der Waals surface area contributed by atoms with Crippen LogP contribution in [0.1, 0.15) is 57.0 Å². The summed E-state index contributed by atoms with van der Waals surface area (Å²) in [6, 6.07) is 15.0. The van der Waals surface area contributed by atoms with Crippen LogP contribution >= 0.6 is 11.6 Å². The number of benzene rings is 2. The molecule has 10 heteroatoms. The number of hydrazine groups is 1. The third-order valence-corrected chi connectivity index (χ3v) is 7.13.